The van der Waals surface area contributed by atoms with Crippen LogP contribution < -0.4 is 0 Å². The smallest absolute Gasteiger partial charge is 0.336 e. The van der Waals surface area contributed by atoms with Crippen LogP contribution in [0.15, 0.2) is 60.7 Å². The van der Waals surface area contributed by atoms with Gasteiger partial charge in [0.2, 0.25) is 0 Å². The van der Waals surface area contributed by atoms with Crippen LogP contribution in [0.25, 0.3) is 11.1 Å². The monoisotopic (exact) mass is 403 g/mol. The molecule has 1 N–H and O–H groups in total. The van der Waals surface area contributed by atoms with Crippen molar-refractivity contribution >= 4 is 5.97 Å². The molecule has 0 atom stereocenters. The fourth-order valence-corrected chi connectivity index (χ4v) is 3.33. The molecule has 0 fully saturated rings. The van der Waals surface area contributed by atoms with E-state index in [1.165, 1.54) is 0 Å². The fraction of sp³-hybridized carbons (Fsp3) is 0.320. The first-order chi connectivity index (χ1) is 14.5. The van der Waals surface area contributed by atoms with Crippen molar-refractivity contribution in [2.75, 3.05) is 0 Å². The van der Waals surface area contributed by atoms with Gasteiger partial charge in [0.05, 0.1) is 12.1 Å². The van der Waals surface area contributed by atoms with E-state index in [4.69, 9.17) is 10.1 Å². The van der Waals surface area contributed by atoms with Crippen LogP contribution in [0.5, 0.6) is 0 Å². The molecule has 0 amide bonds. The molecule has 3 rings (SSSR count). The number of aromatic nitrogens is 3. The molecule has 5 heteroatoms. The number of aryl methyl sites for hydroxylation is 1. The van der Waals surface area contributed by atoms with E-state index in [1.54, 1.807) is 12.1 Å². The summed E-state index contributed by atoms with van der Waals surface area (Å²) in [6, 6.07) is 15.1. The van der Waals surface area contributed by atoms with E-state index < -0.39 is 5.97 Å². The number of nitrogens with zero attached hydrogens (tertiary/aromatic N) is 3. The van der Waals surface area contributed by atoms with Crippen LogP contribution in [0, 0.1) is 5.92 Å². The first kappa shape index (κ1) is 21.5. The minimum absolute atomic E-state index is 0.310. The van der Waals surface area contributed by atoms with Crippen LogP contribution in [0.4, 0.5) is 0 Å². The second kappa shape index (κ2) is 10.0. The van der Waals surface area contributed by atoms with Crippen molar-refractivity contribution in [1.29, 1.82) is 0 Å². The van der Waals surface area contributed by atoms with E-state index in [-0.39, 0.29) is 0 Å². The number of benzene rings is 2. The van der Waals surface area contributed by atoms with Crippen LogP contribution in [-0.4, -0.2) is 25.8 Å². The zero-order valence-corrected chi connectivity index (χ0v) is 17.9. The number of carbonyl (C=O) groups is 1. The Balaban J connectivity index is 1.82. The molecule has 3 aromatic rings. The molecule has 1 aromatic heterocycles. The molecule has 0 unspecified atom stereocenters. The maximum absolute atomic E-state index is 11.5. The Kier molecular flexibility index (Phi) is 7.17. The van der Waals surface area contributed by atoms with E-state index in [9.17, 15) is 9.90 Å². The average molecular weight is 404 g/mol. The van der Waals surface area contributed by atoms with E-state index in [0.29, 0.717) is 18.0 Å². The van der Waals surface area contributed by atoms with Crippen molar-refractivity contribution in [3.63, 3.8) is 0 Å². The highest BCUT2D eigenvalue weighted by molar-refractivity contribution is 5.95. The summed E-state index contributed by atoms with van der Waals surface area (Å²) in [6.45, 7) is 7.07. The highest BCUT2D eigenvalue weighted by Gasteiger charge is 2.12. The molecular weight excluding hydrogens is 374 g/mol. The first-order valence-corrected chi connectivity index (χ1v) is 10.4. The number of rotatable bonds is 9. The number of carboxylic acids is 1. The number of hydrogen-bond donors (Lipinski definition) is 1. The molecule has 0 aliphatic heterocycles. The van der Waals surface area contributed by atoms with Crippen LogP contribution >= 0.6 is 0 Å². The van der Waals surface area contributed by atoms with Crippen LogP contribution in [0.2, 0.25) is 0 Å². The van der Waals surface area contributed by atoms with Gasteiger partial charge in [-0.25, -0.2) is 14.5 Å². The van der Waals surface area contributed by atoms with Gasteiger partial charge in [-0.2, -0.15) is 5.10 Å². The van der Waals surface area contributed by atoms with Gasteiger partial charge >= 0.3 is 5.97 Å². The zero-order chi connectivity index (χ0) is 21.5. The maximum Gasteiger partial charge on any atom is 0.336 e. The van der Waals surface area contributed by atoms with Gasteiger partial charge < -0.3 is 5.11 Å². The number of hydrogen-bond acceptors (Lipinski definition) is 3. The second-order valence-corrected chi connectivity index (χ2v) is 7.86. The van der Waals surface area contributed by atoms with Gasteiger partial charge in [0, 0.05) is 12.8 Å². The lowest BCUT2D eigenvalue weighted by Crippen LogP contribution is -2.07. The predicted molar refractivity (Wildman–Crippen MR) is 120 cm³/mol. The molecule has 0 aliphatic carbocycles. The van der Waals surface area contributed by atoms with Crippen LogP contribution in [-0.2, 0) is 19.4 Å². The molecule has 1 heterocycles. The van der Waals surface area contributed by atoms with Gasteiger partial charge in [-0.05, 0) is 42.0 Å². The van der Waals surface area contributed by atoms with Crippen LogP contribution in [0.3, 0.4) is 0 Å². The molecule has 5 nitrogen and oxygen atoms in total. The Hall–Kier alpha value is -3.21. The maximum atomic E-state index is 11.5. The standard InChI is InChI=1S/C25H29N3O2/c1-4-5-10-24-26-23(16-11-18(2)3)27-28(24)17-19-12-14-20(15-13-19)21-8-6-7-9-22(21)25(29)30/h4-9,12-15,18H,10-11,16-17H2,1-3H3,(H,29,30)/b5-4+. The van der Waals surface area contributed by atoms with E-state index in [1.807, 2.05) is 54.1 Å². The third-order valence-electron chi connectivity index (χ3n) is 5.03. The van der Waals surface area contributed by atoms with Gasteiger partial charge in [0.25, 0.3) is 0 Å². The average Bonchev–Trinajstić information content (AvgIpc) is 3.12. The van der Waals surface area contributed by atoms with Gasteiger partial charge in [-0.15, -0.1) is 0 Å². The third-order valence-corrected chi connectivity index (χ3v) is 5.03. The van der Waals surface area contributed by atoms with Gasteiger partial charge in [0.15, 0.2) is 5.82 Å². The van der Waals surface area contributed by atoms with E-state index >= 15 is 0 Å². The van der Waals surface area contributed by atoms with Crippen LogP contribution in [0.1, 0.15) is 54.8 Å². The predicted octanol–water partition coefficient (Wildman–Crippen LogP) is 5.40. The zero-order valence-electron chi connectivity index (χ0n) is 17.9. The first-order valence-electron chi connectivity index (χ1n) is 10.4. The molecule has 0 saturated heterocycles. The highest BCUT2D eigenvalue weighted by atomic mass is 16.4. The van der Waals surface area contributed by atoms with Gasteiger partial charge in [-0.1, -0.05) is 68.5 Å². The molecule has 156 valence electrons. The summed E-state index contributed by atoms with van der Waals surface area (Å²) in [4.78, 5) is 16.2. The summed E-state index contributed by atoms with van der Waals surface area (Å²) in [7, 11) is 0. The topological polar surface area (TPSA) is 68.0 Å². The molecule has 0 spiro atoms. The normalized spacial score (nSPS) is 11.5. The molecular formula is C25H29N3O2. The molecule has 0 aliphatic rings. The number of allylic oxidation sites excluding steroid dienone is 2. The summed E-state index contributed by atoms with van der Waals surface area (Å²) >= 11 is 0. The Labute approximate surface area is 178 Å². The Bertz CT molecular complexity index is 1020. The lowest BCUT2D eigenvalue weighted by atomic mass is 9.99. The number of carboxylic acid groups (broad SMARTS) is 1. The minimum Gasteiger partial charge on any atom is -0.478 e. The Morgan fingerprint density at radius 1 is 1.13 bits per heavy atom. The van der Waals surface area contributed by atoms with Crippen molar-refractivity contribution in [1.82, 2.24) is 14.8 Å². The number of aromatic carboxylic acids is 1. The summed E-state index contributed by atoms with van der Waals surface area (Å²) in [5.41, 5.74) is 3.03. The Morgan fingerprint density at radius 2 is 1.87 bits per heavy atom. The SMILES string of the molecule is C/C=C/Cc1nc(CCC(C)C)nn1Cc1ccc(-c2ccccc2C(=O)O)cc1. The second-order valence-electron chi connectivity index (χ2n) is 7.86. The van der Waals surface area contributed by atoms with Crippen molar-refractivity contribution in [2.24, 2.45) is 5.92 Å². The van der Waals surface area contributed by atoms with Crippen molar-refractivity contribution in [2.45, 2.75) is 46.6 Å². The van der Waals surface area contributed by atoms with Crippen molar-refractivity contribution in [3.05, 3.63) is 83.5 Å². The third kappa shape index (κ3) is 5.44. The lowest BCUT2D eigenvalue weighted by molar-refractivity contribution is 0.0697. The van der Waals surface area contributed by atoms with E-state index in [2.05, 4.69) is 19.9 Å². The fourth-order valence-electron chi connectivity index (χ4n) is 3.33. The quantitative estimate of drug-likeness (QED) is 0.486. The molecule has 0 radical (unpaired) electrons. The molecule has 0 bridgehead atoms. The molecule has 30 heavy (non-hydrogen) atoms. The van der Waals surface area contributed by atoms with Gasteiger partial charge in [0.1, 0.15) is 5.82 Å². The summed E-state index contributed by atoms with van der Waals surface area (Å²) in [6.07, 6.45) is 6.85. The largest absolute Gasteiger partial charge is 0.478 e. The minimum atomic E-state index is -0.917. The molecule has 0 saturated carbocycles. The summed E-state index contributed by atoms with van der Waals surface area (Å²) < 4.78 is 1.98. The van der Waals surface area contributed by atoms with Crippen molar-refractivity contribution < 1.29 is 9.90 Å². The lowest BCUT2D eigenvalue weighted by Gasteiger charge is -2.09. The molecule has 2 aromatic carbocycles. The Morgan fingerprint density at radius 3 is 2.53 bits per heavy atom. The summed E-state index contributed by atoms with van der Waals surface area (Å²) in [5, 5.41) is 14.2. The summed E-state index contributed by atoms with van der Waals surface area (Å²) in [5.74, 6) is 1.57. The van der Waals surface area contributed by atoms with E-state index in [0.717, 1.165) is 47.6 Å². The highest BCUT2D eigenvalue weighted by Crippen LogP contribution is 2.24. The van der Waals surface area contributed by atoms with Gasteiger partial charge in [-0.3, -0.25) is 0 Å². The van der Waals surface area contributed by atoms with Crippen molar-refractivity contribution in [3.8, 4) is 11.1 Å².